The number of nitrogens with two attached hydrogens (primary N) is 1. The normalized spacial score (nSPS) is 10.8. The molecular formula is C13H15BrClFN4. The minimum Gasteiger partial charge on any atom is -0.394 e. The van der Waals surface area contributed by atoms with Gasteiger partial charge < -0.3 is 11.1 Å². The van der Waals surface area contributed by atoms with Gasteiger partial charge in [0.15, 0.2) is 5.82 Å². The molecule has 0 radical (unpaired) electrons. The lowest BCUT2D eigenvalue weighted by Crippen LogP contribution is -2.06. The van der Waals surface area contributed by atoms with Crippen molar-refractivity contribution in [2.45, 2.75) is 26.8 Å². The van der Waals surface area contributed by atoms with Gasteiger partial charge in [-0.1, -0.05) is 18.5 Å². The summed E-state index contributed by atoms with van der Waals surface area (Å²) in [5, 5.41) is 7.79. The number of nitrogens with one attached hydrogen (secondary N) is 1. The molecule has 0 atom stereocenters. The van der Waals surface area contributed by atoms with E-state index in [0.717, 1.165) is 18.7 Å². The van der Waals surface area contributed by atoms with E-state index in [2.05, 4.69) is 33.3 Å². The van der Waals surface area contributed by atoms with Crippen molar-refractivity contribution in [1.29, 1.82) is 0 Å². The quantitative estimate of drug-likeness (QED) is 0.844. The Hall–Kier alpha value is -1.27. The van der Waals surface area contributed by atoms with E-state index in [0.29, 0.717) is 21.7 Å². The van der Waals surface area contributed by atoms with Crippen LogP contribution in [0.4, 0.5) is 21.6 Å². The zero-order valence-electron chi connectivity index (χ0n) is 11.2. The molecule has 2 aromatic rings. The second-order valence-corrected chi connectivity index (χ2v) is 5.70. The van der Waals surface area contributed by atoms with E-state index < -0.39 is 5.82 Å². The van der Waals surface area contributed by atoms with E-state index >= 15 is 0 Å². The van der Waals surface area contributed by atoms with Crippen LogP contribution in [0.1, 0.15) is 19.0 Å². The van der Waals surface area contributed by atoms with Crippen LogP contribution in [0.3, 0.4) is 0 Å². The summed E-state index contributed by atoms with van der Waals surface area (Å²) in [6.45, 7) is 4.63. The third kappa shape index (κ3) is 2.91. The largest absolute Gasteiger partial charge is 0.394 e. The highest BCUT2D eigenvalue weighted by Crippen LogP contribution is 2.36. The van der Waals surface area contributed by atoms with Crippen molar-refractivity contribution in [2.75, 3.05) is 11.1 Å². The molecule has 0 amide bonds. The standard InChI is InChI=1S/C13H15BrClFN4/c1-3-4-20-13(11(17)7(2)19-20)18-12-9(14)5-8(16)6-10(12)15/h5-6,18H,3-4,17H2,1-2H3. The van der Waals surface area contributed by atoms with Crippen molar-refractivity contribution in [2.24, 2.45) is 0 Å². The van der Waals surface area contributed by atoms with Gasteiger partial charge >= 0.3 is 0 Å². The van der Waals surface area contributed by atoms with E-state index in [1.807, 2.05) is 6.92 Å². The molecule has 2 rings (SSSR count). The van der Waals surface area contributed by atoms with Crippen LogP contribution >= 0.6 is 27.5 Å². The molecule has 0 saturated heterocycles. The predicted molar refractivity (Wildman–Crippen MR) is 84.1 cm³/mol. The maximum absolute atomic E-state index is 13.2. The van der Waals surface area contributed by atoms with E-state index in [9.17, 15) is 4.39 Å². The molecule has 0 aliphatic heterocycles. The fourth-order valence-corrected chi connectivity index (χ4v) is 2.78. The Morgan fingerprint density at radius 2 is 2.20 bits per heavy atom. The molecule has 1 aromatic heterocycles. The van der Waals surface area contributed by atoms with E-state index in [1.165, 1.54) is 12.1 Å². The fourth-order valence-electron chi connectivity index (χ4n) is 1.88. The molecule has 108 valence electrons. The second kappa shape index (κ2) is 6.01. The molecule has 0 aliphatic rings. The smallest absolute Gasteiger partial charge is 0.152 e. The second-order valence-electron chi connectivity index (χ2n) is 4.44. The Balaban J connectivity index is 2.44. The molecular weight excluding hydrogens is 347 g/mol. The number of halogens is 3. The highest BCUT2D eigenvalue weighted by atomic mass is 79.9. The fraction of sp³-hybridized carbons (Fsp3) is 0.308. The van der Waals surface area contributed by atoms with Crippen LogP contribution in [0.5, 0.6) is 0 Å². The van der Waals surface area contributed by atoms with Crippen molar-refractivity contribution in [3.8, 4) is 0 Å². The molecule has 0 saturated carbocycles. The number of benzene rings is 1. The van der Waals surface area contributed by atoms with Crippen LogP contribution in [-0.4, -0.2) is 9.78 Å². The molecule has 7 heteroatoms. The first kappa shape index (κ1) is 15.1. The van der Waals surface area contributed by atoms with E-state index in [-0.39, 0.29) is 5.02 Å². The van der Waals surface area contributed by atoms with Gasteiger partial charge in [-0.05, 0) is 41.4 Å². The van der Waals surface area contributed by atoms with Crippen molar-refractivity contribution in [3.05, 3.63) is 33.1 Å². The number of anilines is 3. The summed E-state index contributed by atoms with van der Waals surface area (Å²) in [7, 11) is 0. The summed E-state index contributed by atoms with van der Waals surface area (Å²) in [6, 6.07) is 2.59. The van der Waals surface area contributed by atoms with Gasteiger partial charge in [-0.2, -0.15) is 5.10 Å². The van der Waals surface area contributed by atoms with Gasteiger partial charge in [0.25, 0.3) is 0 Å². The average molecular weight is 362 g/mol. The lowest BCUT2D eigenvalue weighted by Gasteiger charge is -2.13. The number of aromatic nitrogens is 2. The number of hydrogen-bond acceptors (Lipinski definition) is 3. The third-order valence-electron chi connectivity index (χ3n) is 2.86. The molecule has 3 N–H and O–H groups in total. The molecule has 0 spiro atoms. The first-order valence-corrected chi connectivity index (χ1v) is 7.35. The number of nitrogen functional groups attached to an aromatic ring is 1. The number of aryl methyl sites for hydroxylation is 2. The van der Waals surface area contributed by atoms with Gasteiger partial charge in [0.05, 0.1) is 22.1 Å². The Bertz CT molecular complexity index is 619. The van der Waals surface area contributed by atoms with Gasteiger partial charge in [-0.25, -0.2) is 9.07 Å². The van der Waals surface area contributed by atoms with Crippen molar-refractivity contribution in [1.82, 2.24) is 9.78 Å². The van der Waals surface area contributed by atoms with Gasteiger partial charge in [0.2, 0.25) is 0 Å². The summed E-state index contributed by atoms with van der Waals surface area (Å²) >= 11 is 9.36. The zero-order chi connectivity index (χ0) is 14.9. The molecule has 0 unspecified atom stereocenters. The van der Waals surface area contributed by atoms with Crippen molar-refractivity contribution in [3.63, 3.8) is 0 Å². The highest BCUT2D eigenvalue weighted by molar-refractivity contribution is 9.10. The zero-order valence-corrected chi connectivity index (χ0v) is 13.5. The highest BCUT2D eigenvalue weighted by Gasteiger charge is 2.15. The van der Waals surface area contributed by atoms with Crippen molar-refractivity contribution >= 4 is 44.7 Å². The molecule has 4 nitrogen and oxygen atoms in total. The molecule has 1 heterocycles. The van der Waals surface area contributed by atoms with Crippen LogP contribution in [0.2, 0.25) is 5.02 Å². The summed E-state index contributed by atoms with van der Waals surface area (Å²) in [6.07, 6.45) is 0.924. The van der Waals surface area contributed by atoms with Gasteiger partial charge in [-0.15, -0.1) is 0 Å². The minimum atomic E-state index is -0.404. The number of hydrogen-bond donors (Lipinski definition) is 2. The molecule has 0 fully saturated rings. The van der Waals surface area contributed by atoms with Crippen LogP contribution in [0.25, 0.3) is 0 Å². The maximum Gasteiger partial charge on any atom is 0.152 e. The summed E-state index contributed by atoms with van der Waals surface area (Å²) in [4.78, 5) is 0. The Labute approximate surface area is 130 Å². The van der Waals surface area contributed by atoms with Crippen LogP contribution in [0, 0.1) is 12.7 Å². The van der Waals surface area contributed by atoms with Crippen molar-refractivity contribution < 1.29 is 4.39 Å². The Morgan fingerprint density at radius 1 is 1.50 bits per heavy atom. The first-order valence-electron chi connectivity index (χ1n) is 6.18. The summed E-state index contributed by atoms with van der Waals surface area (Å²) < 4.78 is 15.6. The average Bonchev–Trinajstić information content (AvgIpc) is 2.61. The van der Waals surface area contributed by atoms with Crippen LogP contribution in [-0.2, 0) is 6.54 Å². The minimum absolute atomic E-state index is 0.276. The molecule has 1 aromatic carbocycles. The van der Waals surface area contributed by atoms with Crippen LogP contribution < -0.4 is 11.1 Å². The van der Waals surface area contributed by atoms with Gasteiger partial charge in [0, 0.05) is 11.0 Å². The topological polar surface area (TPSA) is 55.9 Å². The summed E-state index contributed by atoms with van der Waals surface area (Å²) in [5.41, 5.74) is 7.91. The summed E-state index contributed by atoms with van der Waals surface area (Å²) in [5.74, 6) is 0.261. The SMILES string of the molecule is CCCn1nc(C)c(N)c1Nc1c(Cl)cc(F)cc1Br. The monoisotopic (exact) mass is 360 g/mol. The molecule has 0 bridgehead atoms. The lowest BCUT2D eigenvalue weighted by molar-refractivity contribution is 0.605. The van der Waals surface area contributed by atoms with Gasteiger partial charge in [-0.3, -0.25) is 0 Å². The van der Waals surface area contributed by atoms with E-state index in [4.69, 9.17) is 17.3 Å². The molecule has 20 heavy (non-hydrogen) atoms. The molecule has 0 aliphatic carbocycles. The number of rotatable bonds is 4. The van der Waals surface area contributed by atoms with Gasteiger partial charge in [0.1, 0.15) is 5.82 Å². The maximum atomic E-state index is 13.2. The predicted octanol–water partition coefficient (Wildman–Crippen LogP) is 4.48. The van der Waals surface area contributed by atoms with E-state index in [1.54, 1.807) is 4.68 Å². The third-order valence-corrected chi connectivity index (χ3v) is 3.78. The lowest BCUT2D eigenvalue weighted by atomic mass is 10.3. The Kier molecular flexibility index (Phi) is 4.55. The first-order chi connectivity index (χ1) is 9.43. The number of nitrogens with zero attached hydrogens (tertiary/aromatic N) is 2. The Morgan fingerprint density at radius 3 is 2.80 bits per heavy atom. The van der Waals surface area contributed by atoms with Crippen LogP contribution in [0.15, 0.2) is 16.6 Å².